The number of benzene rings is 1. The van der Waals surface area contributed by atoms with E-state index in [9.17, 15) is 0 Å². The molecule has 0 spiro atoms. The number of aryl methyl sites for hydroxylation is 2. The molecule has 0 fully saturated rings. The molecule has 0 unspecified atom stereocenters. The fourth-order valence-electron chi connectivity index (χ4n) is 2.54. The zero-order chi connectivity index (χ0) is 15.4. The van der Waals surface area contributed by atoms with Crippen molar-refractivity contribution in [2.45, 2.75) is 39.0 Å². The maximum Gasteiger partial charge on any atom is 0.118 e. The second kappa shape index (κ2) is 6.55. The van der Waals surface area contributed by atoms with Crippen LogP contribution in [0.25, 0.3) is 22.3 Å². The fraction of sp³-hybridized carbons (Fsp3) is 0.467. The van der Waals surface area contributed by atoms with Gasteiger partial charge in [0.05, 0.1) is 11.2 Å². The van der Waals surface area contributed by atoms with Crippen molar-refractivity contribution in [2.24, 2.45) is 7.05 Å². The van der Waals surface area contributed by atoms with Crippen LogP contribution in [-0.2, 0) is 13.5 Å². The first-order valence-electron chi connectivity index (χ1n) is 7.64. The molecule has 0 saturated carbocycles. The van der Waals surface area contributed by atoms with Crippen molar-refractivity contribution < 1.29 is 0 Å². The Labute approximate surface area is 128 Å². The molecule has 0 radical (unpaired) electrons. The highest BCUT2D eigenvalue weighted by Crippen LogP contribution is 2.23. The zero-order valence-corrected chi connectivity index (χ0v) is 12.9. The molecule has 0 bridgehead atoms. The molecule has 0 saturated heterocycles. The molecule has 0 N–H and O–H groups in total. The van der Waals surface area contributed by atoms with Gasteiger partial charge in [-0.3, -0.25) is 0 Å². The van der Waals surface area contributed by atoms with Crippen LogP contribution < -0.4 is 0 Å². The summed E-state index contributed by atoms with van der Waals surface area (Å²) in [6.07, 6.45) is 5.62. The molecule has 3 rings (SSSR count). The summed E-state index contributed by atoms with van der Waals surface area (Å²) < 4.78 is 1.75. The average molecular weight is 297 g/mol. The molecular formula is C15H19N7. The van der Waals surface area contributed by atoms with Gasteiger partial charge in [-0.15, -0.1) is 15.3 Å². The molecule has 22 heavy (non-hydrogen) atoms. The standard InChI is InChI=1S/C15H19N7/c1-3-4-5-6-7-12-15(18-20-19-16-12)11-8-9-14-13(10-11)17-21-22(14)2/h8-10H,3-7H2,1-2H3. The zero-order valence-electron chi connectivity index (χ0n) is 12.9. The lowest BCUT2D eigenvalue weighted by atomic mass is 10.0. The summed E-state index contributed by atoms with van der Waals surface area (Å²) in [6.45, 7) is 2.20. The Morgan fingerprint density at radius 1 is 1.00 bits per heavy atom. The summed E-state index contributed by atoms with van der Waals surface area (Å²) in [5.41, 5.74) is 4.48. The van der Waals surface area contributed by atoms with Gasteiger partial charge in [0.1, 0.15) is 11.2 Å². The van der Waals surface area contributed by atoms with E-state index in [0.29, 0.717) is 0 Å². The number of fused-ring (bicyclic) bond motifs is 1. The largest absolute Gasteiger partial charge is 0.248 e. The molecular weight excluding hydrogens is 278 g/mol. The van der Waals surface area contributed by atoms with Crippen LogP contribution in [0, 0.1) is 0 Å². The predicted molar refractivity (Wildman–Crippen MR) is 83.0 cm³/mol. The predicted octanol–water partition coefficient (Wildman–Crippen LogP) is 2.34. The van der Waals surface area contributed by atoms with E-state index in [1.54, 1.807) is 4.68 Å². The maximum absolute atomic E-state index is 4.18. The van der Waals surface area contributed by atoms with Gasteiger partial charge >= 0.3 is 0 Å². The molecule has 0 aliphatic rings. The van der Waals surface area contributed by atoms with Gasteiger partial charge in [-0.25, -0.2) is 4.68 Å². The number of nitrogens with zero attached hydrogens (tertiary/aromatic N) is 7. The second-order valence-electron chi connectivity index (χ2n) is 5.40. The van der Waals surface area contributed by atoms with E-state index in [4.69, 9.17) is 0 Å². The van der Waals surface area contributed by atoms with Crippen LogP contribution in [0.4, 0.5) is 0 Å². The minimum absolute atomic E-state index is 0.791. The van der Waals surface area contributed by atoms with Crippen LogP contribution >= 0.6 is 0 Å². The number of aromatic nitrogens is 7. The van der Waals surface area contributed by atoms with Gasteiger partial charge in [-0.1, -0.05) is 37.5 Å². The highest BCUT2D eigenvalue weighted by Gasteiger charge is 2.11. The Balaban J connectivity index is 1.89. The lowest BCUT2D eigenvalue weighted by Gasteiger charge is -2.05. The number of unbranched alkanes of at least 4 members (excludes halogenated alkanes) is 3. The fourth-order valence-corrected chi connectivity index (χ4v) is 2.54. The van der Waals surface area contributed by atoms with Gasteiger partial charge in [-0.2, -0.15) is 0 Å². The molecule has 0 atom stereocenters. The van der Waals surface area contributed by atoms with Gasteiger partial charge in [0.2, 0.25) is 0 Å². The molecule has 2 aromatic heterocycles. The smallest absolute Gasteiger partial charge is 0.118 e. The van der Waals surface area contributed by atoms with Gasteiger partial charge in [0, 0.05) is 12.6 Å². The van der Waals surface area contributed by atoms with Gasteiger partial charge in [0.15, 0.2) is 0 Å². The molecule has 0 aliphatic carbocycles. The van der Waals surface area contributed by atoms with Crippen LogP contribution in [-0.4, -0.2) is 35.6 Å². The third-order valence-electron chi connectivity index (χ3n) is 3.77. The molecule has 7 heteroatoms. The Morgan fingerprint density at radius 2 is 1.86 bits per heavy atom. The number of hydrogen-bond acceptors (Lipinski definition) is 6. The maximum atomic E-state index is 4.18. The van der Waals surface area contributed by atoms with E-state index in [-0.39, 0.29) is 0 Å². The topological polar surface area (TPSA) is 82.3 Å². The Hall–Kier alpha value is -2.44. The van der Waals surface area contributed by atoms with Crippen molar-refractivity contribution in [3.05, 3.63) is 23.9 Å². The van der Waals surface area contributed by atoms with E-state index in [0.717, 1.165) is 40.8 Å². The normalized spacial score (nSPS) is 11.2. The van der Waals surface area contributed by atoms with Crippen LogP contribution in [0.15, 0.2) is 18.2 Å². The van der Waals surface area contributed by atoms with Crippen molar-refractivity contribution in [1.82, 2.24) is 35.6 Å². The summed E-state index contributed by atoms with van der Waals surface area (Å²) in [6, 6.07) is 5.98. The van der Waals surface area contributed by atoms with Gasteiger partial charge < -0.3 is 0 Å². The number of hydrogen-bond donors (Lipinski definition) is 0. The van der Waals surface area contributed by atoms with E-state index >= 15 is 0 Å². The van der Waals surface area contributed by atoms with Gasteiger partial charge in [0.25, 0.3) is 0 Å². The van der Waals surface area contributed by atoms with Crippen molar-refractivity contribution in [3.63, 3.8) is 0 Å². The van der Waals surface area contributed by atoms with Crippen molar-refractivity contribution in [3.8, 4) is 11.3 Å². The first-order valence-corrected chi connectivity index (χ1v) is 7.64. The molecule has 2 heterocycles. The second-order valence-corrected chi connectivity index (χ2v) is 5.40. The summed E-state index contributed by atoms with van der Waals surface area (Å²) in [4.78, 5) is 0. The Kier molecular flexibility index (Phi) is 4.32. The van der Waals surface area contributed by atoms with E-state index in [1.807, 2.05) is 25.2 Å². The molecule has 0 amide bonds. The number of rotatable bonds is 6. The first kappa shape index (κ1) is 14.5. The molecule has 0 aliphatic heterocycles. The summed E-state index contributed by atoms with van der Waals surface area (Å²) >= 11 is 0. The lowest BCUT2D eigenvalue weighted by Crippen LogP contribution is -2.03. The van der Waals surface area contributed by atoms with Crippen LogP contribution in [0.1, 0.15) is 38.3 Å². The van der Waals surface area contributed by atoms with E-state index < -0.39 is 0 Å². The average Bonchev–Trinajstić information content (AvgIpc) is 2.93. The quantitative estimate of drug-likeness (QED) is 0.649. The minimum atomic E-state index is 0.791. The lowest BCUT2D eigenvalue weighted by molar-refractivity contribution is 0.641. The Morgan fingerprint density at radius 3 is 2.73 bits per heavy atom. The van der Waals surface area contributed by atoms with Crippen LogP contribution in [0.2, 0.25) is 0 Å². The van der Waals surface area contributed by atoms with Crippen molar-refractivity contribution in [2.75, 3.05) is 0 Å². The molecule has 3 aromatic rings. The monoisotopic (exact) mass is 297 g/mol. The van der Waals surface area contributed by atoms with Crippen molar-refractivity contribution in [1.29, 1.82) is 0 Å². The van der Waals surface area contributed by atoms with Crippen molar-refractivity contribution >= 4 is 11.0 Å². The summed E-state index contributed by atoms with van der Waals surface area (Å²) in [5, 5.41) is 23.9. The molecule has 7 nitrogen and oxygen atoms in total. The minimum Gasteiger partial charge on any atom is -0.248 e. The molecule has 1 aromatic carbocycles. The van der Waals surface area contributed by atoms with Gasteiger partial charge in [-0.05, 0) is 35.4 Å². The van der Waals surface area contributed by atoms with E-state index in [1.165, 1.54) is 19.3 Å². The first-order chi connectivity index (χ1) is 10.8. The Bertz CT molecular complexity index is 765. The summed E-state index contributed by atoms with van der Waals surface area (Å²) in [7, 11) is 1.88. The highest BCUT2D eigenvalue weighted by molar-refractivity contribution is 5.80. The van der Waals surface area contributed by atoms with Crippen LogP contribution in [0.3, 0.4) is 0 Å². The SMILES string of the molecule is CCCCCCc1nnnnc1-c1ccc2c(c1)nnn2C. The summed E-state index contributed by atoms with van der Waals surface area (Å²) in [5.74, 6) is 0. The third-order valence-corrected chi connectivity index (χ3v) is 3.77. The highest BCUT2D eigenvalue weighted by atomic mass is 15.4. The van der Waals surface area contributed by atoms with Crippen LogP contribution in [0.5, 0.6) is 0 Å². The third kappa shape index (κ3) is 2.93. The van der Waals surface area contributed by atoms with E-state index in [2.05, 4.69) is 37.9 Å². The molecule has 114 valence electrons.